The van der Waals surface area contributed by atoms with Gasteiger partial charge in [0.1, 0.15) is 0 Å². The van der Waals surface area contributed by atoms with Crippen LogP contribution in [0.15, 0.2) is 0 Å². The third kappa shape index (κ3) is 5.31. The fraction of sp³-hybridized carbons (Fsp3) is 1.00. The predicted octanol–water partition coefficient (Wildman–Crippen LogP) is 0.0367. The number of hydrogen-bond donors (Lipinski definition) is 1. The Labute approximate surface area is 123 Å². The molecular weight excluding hydrogens is 274 g/mol. The van der Waals surface area contributed by atoms with E-state index in [0.29, 0.717) is 17.4 Å². The van der Waals surface area contributed by atoms with Crippen LogP contribution < -0.4 is 5.32 Å². The molecule has 2 atom stereocenters. The van der Waals surface area contributed by atoms with Gasteiger partial charge in [-0.05, 0) is 32.4 Å². The maximum Gasteiger partial charge on any atom is 0.151 e. The number of piperazine rings is 1. The Morgan fingerprint density at radius 3 is 2.60 bits per heavy atom. The largest absolute Gasteiger partial charge is 0.313 e. The lowest BCUT2D eigenvalue weighted by Gasteiger charge is -2.34. The van der Waals surface area contributed by atoms with E-state index < -0.39 is 9.84 Å². The molecule has 0 radical (unpaired) electrons. The van der Waals surface area contributed by atoms with Crippen molar-refractivity contribution in [3.05, 3.63) is 0 Å². The lowest BCUT2D eigenvalue weighted by Crippen LogP contribution is -2.48. The Bertz CT molecular complexity index is 391. The normalized spacial score (nSPS) is 30.2. The van der Waals surface area contributed by atoms with Crippen LogP contribution >= 0.6 is 0 Å². The zero-order valence-electron chi connectivity index (χ0n) is 12.8. The predicted molar refractivity (Wildman–Crippen MR) is 82.8 cm³/mol. The molecular formula is C14H29N3O2S. The fourth-order valence-electron chi connectivity index (χ4n) is 3.09. The summed E-state index contributed by atoms with van der Waals surface area (Å²) >= 11 is 0. The molecule has 0 aromatic heterocycles. The number of nitrogens with one attached hydrogen (secondary N) is 1. The summed E-state index contributed by atoms with van der Waals surface area (Å²) < 4.78 is 23.2. The first-order valence-corrected chi connectivity index (χ1v) is 9.61. The first-order valence-electron chi connectivity index (χ1n) is 7.79. The van der Waals surface area contributed by atoms with Crippen LogP contribution in [-0.4, -0.2) is 82.1 Å². The zero-order valence-corrected chi connectivity index (χ0v) is 13.7. The minimum absolute atomic E-state index is 0.170. The second-order valence-electron chi connectivity index (χ2n) is 6.57. The molecule has 5 nitrogen and oxygen atoms in total. The molecule has 2 aliphatic heterocycles. The van der Waals surface area contributed by atoms with Gasteiger partial charge in [-0.3, -0.25) is 0 Å². The molecule has 0 saturated carbocycles. The Kier molecular flexibility index (Phi) is 5.84. The molecule has 2 fully saturated rings. The Balaban J connectivity index is 1.66. The molecule has 2 aliphatic rings. The van der Waals surface area contributed by atoms with E-state index >= 15 is 0 Å². The van der Waals surface area contributed by atoms with Crippen LogP contribution in [-0.2, 0) is 9.84 Å². The van der Waals surface area contributed by atoms with Crippen molar-refractivity contribution in [1.29, 1.82) is 0 Å². The quantitative estimate of drug-likeness (QED) is 0.777. The molecule has 20 heavy (non-hydrogen) atoms. The highest BCUT2D eigenvalue weighted by Gasteiger charge is 2.25. The zero-order chi connectivity index (χ0) is 14.6. The van der Waals surface area contributed by atoms with Crippen LogP contribution in [0.3, 0.4) is 0 Å². The molecule has 0 aromatic rings. The summed E-state index contributed by atoms with van der Waals surface area (Å²) in [7, 11) is -0.619. The van der Waals surface area contributed by atoms with Gasteiger partial charge in [0, 0.05) is 38.8 Å². The van der Waals surface area contributed by atoms with Gasteiger partial charge in [0.05, 0.1) is 11.5 Å². The fourth-order valence-corrected chi connectivity index (χ4v) is 4.76. The van der Waals surface area contributed by atoms with Crippen molar-refractivity contribution < 1.29 is 8.42 Å². The third-order valence-electron chi connectivity index (χ3n) is 4.38. The first kappa shape index (κ1) is 16.2. The lowest BCUT2D eigenvalue weighted by molar-refractivity contribution is 0.137. The van der Waals surface area contributed by atoms with Crippen molar-refractivity contribution >= 4 is 9.84 Å². The van der Waals surface area contributed by atoms with Crippen molar-refractivity contribution in [2.24, 2.45) is 5.92 Å². The second kappa shape index (κ2) is 7.20. The number of rotatable bonds is 5. The van der Waals surface area contributed by atoms with Gasteiger partial charge in [-0.25, -0.2) is 8.42 Å². The summed E-state index contributed by atoms with van der Waals surface area (Å²) in [4.78, 5) is 4.89. The Morgan fingerprint density at radius 2 is 1.95 bits per heavy atom. The van der Waals surface area contributed by atoms with Crippen molar-refractivity contribution in [1.82, 2.24) is 15.1 Å². The van der Waals surface area contributed by atoms with Gasteiger partial charge in [-0.1, -0.05) is 6.92 Å². The molecule has 0 aliphatic carbocycles. The van der Waals surface area contributed by atoms with E-state index in [2.05, 4.69) is 29.1 Å². The average Bonchev–Trinajstić information content (AvgIpc) is 2.38. The van der Waals surface area contributed by atoms with Gasteiger partial charge in [0.25, 0.3) is 0 Å². The molecule has 0 aromatic carbocycles. The van der Waals surface area contributed by atoms with E-state index in [4.69, 9.17) is 0 Å². The molecule has 2 unspecified atom stereocenters. The summed E-state index contributed by atoms with van der Waals surface area (Å²) in [5.41, 5.74) is 0. The van der Waals surface area contributed by atoms with Gasteiger partial charge < -0.3 is 15.1 Å². The van der Waals surface area contributed by atoms with Crippen LogP contribution in [0.25, 0.3) is 0 Å². The number of hydrogen-bond acceptors (Lipinski definition) is 5. The summed E-state index contributed by atoms with van der Waals surface area (Å²) in [5.74, 6) is 1.28. The van der Waals surface area contributed by atoms with Gasteiger partial charge in [0.15, 0.2) is 9.84 Å². The van der Waals surface area contributed by atoms with Gasteiger partial charge in [0.2, 0.25) is 0 Å². The van der Waals surface area contributed by atoms with E-state index in [-0.39, 0.29) is 6.04 Å². The minimum Gasteiger partial charge on any atom is -0.313 e. The molecule has 118 valence electrons. The molecule has 0 amide bonds. The number of sulfone groups is 1. The van der Waals surface area contributed by atoms with Crippen LogP contribution in [0.2, 0.25) is 0 Å². The molecule has 2 saturated heterocycles. The highest BCUT2D eigenvalue weighted by atomic mass is 32.2. The lowest BCUT2D eigenvalue weighted by atomic mass is 10.1. The first-order chi connectivity index (χ1) is 9.44. The van der Waals surface area contributed by atoms with E-state index in [1.165, 1.54) is 0 Å². The van der Waals surface area contributed by atoms with E-state index in [9.17, 15) is 8.42 Å². The minimum atomic E-state index is -2.79. The standard InChI is InChI=1S/C14H29N3O2S/c1-13(11-17-7-5-16(2)6-8-17)10-15-14-4-3-9-20(18,19)12-14/h13-15H,3-12H2,1-2H3. The van der Waals surface area contributed by atoms with Crippen LogP contribution in [0.1, 0.15) is 19.8 Å². The SMILES string of the molecule is CC(CNC1CCCS(=O)(=O)C1)CN1CCN(C)CC1. The monoisotopic (exact) mass is 303 g/mol. The maximum absolute atomic E-state index is 11.6. The van der Waals surface area contributed by atoms with E-state index in [1.54, 1.807) is 0 Å². The number of nitrogens with zero attached hydrogens (tertiary/aromatic N) is 2. The maximum atomic E-state index is 11.6. The molecule has 2 rings (SSSR count). The van der Waals surface area contributed by atoms with Gasteiger partial charge in [-0.2, -0.15) is 0 Å². The van der Waals surface area contributed by atoms with Crippen LogP contribution in [0.4, 0.5) is 0 Å². The topological polar surface area (TPSA) is 52.7 Å². The van der Waals surface area contributed by atoms with Crippen molar-refractivity contribution in [2.45, 2.75) is 25.8 Å². The van der Waals surface area contributed by atoms with E-state index in [0.717, 1.165) is 52.1 Å². The smallest absolute Gasteiger partial charge is 0.151 e. The molecule has 0 bridgehead atoms. The van der Waals surface area contributed by atoms with Gasteiger partial charge in [-0.15, -0.1) is 0 Å². The van der Waals surface area contributed by atoms with Gasteiger partial charge >= 0.3 is 0 Å². The molecule has 0 spiro atoms. The van der Waals surface area contributed by atoms with Crippen LogP contribution in [0.5, 0.6) is 0 Å². The molecule has 2 heterocycles. The van der Waals surface area contributed by atoms with Crippen molar-refractivity contribution in [3.8, 4) is 0 Å². The summed E-state index contributed by atoms with van der Waals surface area (Å²) in [6.45, 7) is 8.90. The highest BCUT2D eigenvalue weighted by molar-refractivity contribution is 7.91. The summed E-state index contributed by atoms with van der Waals surface area (Å²) in [6, 6.07) is 0.170. The molecule has 6 heteroatoms. The summed E-state index contributed by atoms with van der Waals surface area (Å²) in [5, 5.41) is 3.46. The van der Waals surface area contributed by atoms with Crippen LogP contribution in [0, 0.1) is 5.92 Å². The van der Waals surface area contributed by atoms with Crippen molar-refractivity contribution in [3.63, 3.8) is 0 Å². The average molecular weight is 303 g/mol. The summed E-state index contributed by atoms with van der Waals surface area (Å²) in [6.07, 6.45) is 1.81. The Hall–Kier alpha value is -0.170. The Morgan fingerprint density at radius 1 is 1.25 bits per heavy atom. The second-order valence-corrected chi connectivity index (χ2v) is 8.80. The molecule has 1 N–H and O–H groups in total. The third-order valence-corrected chi connectivity index (χ3v) is 6.20. The highest BCUT2D eigenvalue weighted by Crippen LogP contribution is 2.12. The van der Waals surface area contributed by atoms with E-state index in [1.807, 2.05) is 0 Å². The van der Waals surface area contributed by atoms with Crippen molar-refractivity contribution in [2.75, 3.05) is 57.8 Å². The number of likely N-dealkylation sites (N-methyl/N-ethyl adjacent to an activating group) is 1.